The Morgan fingerprint density at radius 2 is 2.03 bits per heavy atom. The van der Waals surface area contributed by atoms with Crippen LogP contribution in [0.1, 0.15) is 54.4 Å². The highest BCUT2D eigenvalue weighted by Crippen LogP contribution is 2.53. The minimum atomic E-state index is -3.54. The van der Waals surface area contributed by atoms with Crippen LogP contribution < -0.4 is 10.0 Å². The summed E-state index contributed by atoms with van der Waals surface area (Å²) in [5, 5.41) is 4.37. The van der Waals surface area contributed by atoms with Crippen LogP contribution in [0.2, 0.25) is 5.02 Å². The number of nitrogens with one attached hydrogen (secondary N) is 2. The lowest BCUT2D eigenvalue weighted by atomic mass is 9.58. The first-order chi connectivity index (χ1) is 14.4. The van der Waals surface area contributed by atoms with E-state index in [9.17, 15) is 12.8 Å². The standard InChI is InChI=1S/C21H26ClFN4O2S/c22-17-5-3-16(4-6-17)21(8-1-9-21)20-19-15(7-11-24-20)13-25-18(27-19)14-26-30(28,29)12-2-10-23/h3-6,13,20,24,26H,1-2,7-12,14H2. The van der Waals surface area contributed by atoms with Crippen LogP contribution >= 0.6 is 11.6 Å². The molecule has 1 saturated carbocycles. The highest BCUT2D eigenvalue weighted by Gasteiger charge is 2.48. The zero-order chi connectivity index (χ0) is 21.2. The molecule has 0 saturated heterocycles. The highest BCUT2D eigenvalue weighted by atomic mass is 35.5. The van der Waals surface area contributed by atoms with Crippen molar-refractivity contribution in [1.82, 2.24) is 20.0 Å². The second kappa shape index (κ2) is 8.86. The Bertz CT molecular complexity index is 997. The van der Waals surface area contributed by atoms with Gasteiger partial charge in [-0.15, -0.1) is 0 Å². The topological polar surface area (TPSA) is 84.0 Å². The van der Waals surface area contributed by atoms with Crippen LogP contribution in [0.15, 0.2) is 30.5 Å². The van der Waals surface area contributed by atoms with Crippen molar-refractivity contribution in [3.05, 3.63) is 58.1 Å². The minimum absolute atomic E-state index is 0.00254. The fraction of sp³-hybridized carbons (Fsp3) is 0.524. The first-order valence-electron chi connectivity index (χ1n) is 10.3. The van der Waals surface area contributed by atoms with Gasteiger partial charge in [0.15, 0.2) is 0 Å². The molecule has 1 aliphatic carbocycles. The van der Waals surface area contributed by atoms with E-state index in [0.29, 0.717) is 5.82 Å². The summed E-state index contributed by atoms with van der Waals surface area (Å²) in [6.07, 6.45) is 5.90. The molecule has 2 heterocycles. The molecule has 9 heteroatoms. The van der Waals surface area contributed by atoms with Gasteiger partial charge in [0.2, 0.25) is 10.0 Å². The molecule has 0 bridgehead atoms. The van der Waals surface area contributed by atoms with Gasteiger partial charge in [0.1, 0.15) is 5.82 Å². The Hall–Kier alpha value is -1.61. The van der Waals surface area contributed by atoms with Crippen molar-refractivity contribution in [3.8, 4) is 0 Å². The van der Waals surface area contributed by atoms with Gasteiger partial charge in [-0.3, -0.25) is 4.39 Å². The molecule has 1 atom stereocenters. The lowest BCUT2D eigenvalue weighted by molar-refractivity contribution is 0.161. The van der Waals surface area contributed by atoms with E-state index in [1.807, 2.05) is 18.3 Å². The van der Waals surface area contributed by atoms with Crippen LogP contribution in [0.3, 0.4) is 0 Å². The molecule has 1 aromatic carbocycles. The van der Waals surface area contributed by atoms with Crippen molar-refractivity contribution < 1.29 is 12.8 Å². The normalized spacial score (nSPS) is 20.4. The Labute approximate surface area is 181 Å². The molecule has 0 amide bonds. The average molecular weight is 453 g/mol. The SMILES string of the molecule is O=S(=O)(CCCF)NCc1ncc2c(n1)C(C1(c3ccc(Cl)cc3)CCC1)NCC2. The van der Waals surface area contributed by atoms with Gasteiger partial charge in [-0.2, -0.15) is 0 Å². The van der Waals surface area contributed by atoms with Gasteiger partial charge in [0, 0.05) is 16.6 Å². The van der Waals surface area contributed by atoms with Crippen molar-refractivity contribution in [2.24, 2.45) is 0 Å². The summed E-state index contributed by atoms with van der Waals surface area (Å²) in [7, 11) is -3.54. The largest absolute Gasteiger partial charge is 0.308 e. The van der Waals surface area contributed by atoms with Gasteiger partial charge in [0.25, 0.3) is 0 Å². The maximum atomic E-state index is 12.3. The summed E-state index contributed by atoms with van der Waals surface area (Å²) in [6.45, 7) is 0.199. The number of hydrogen-bond donors (Lipinski definition) is 2. The van der Waals surface area contributed by atoms with Crippen molar-refractivity contribution in [2.45, 2.75) is 50.1 Å². The van der Waals surface area contributed by atoms with Gasteiger partial charge < -0.3 is 5.32 Å². The molecule has 1 aliphatic heterocycles. The number of halogens is 2. The summed E-state index contributed by atoms with van der Waals surface area (Å²) in [5.74, 6) is 0.190. The Balaban J connectivity index is 1.60. The fourth-order valence-electron chi connectivity index (χ4n) is 4.47. The Morgan fingerprint density at radius 1 is 1.27 bits per heavy atom. The lowest BCUT2D eigenvalue weighted by Gasteiger charge is -2.50. The number of fused-ring (bicyclic) bond motifs is 1. The second-order valence-electron chi connectivity index (χ2n) is 8.03. The summed E-state index contributed by atoms with van der Waals surface area (Å²) in [6, 6.07) is 8.09. The molecule has 2 aromatic rings. The number of nitrogens with zero attached hydrogens (tertiary/aromatic N) is 2. The molecule has 1 aromatic heterocycles. The van der Waals surface area contributed by atoms with Gasteiger partial charge in [-0.1, -0.05) is 30.2 Å². The van der Waals surface area contributed by atoms with E-state index in [1.54, 1.807) is 0 Å². The third kappa shape index (κ3) is 4.37. The maximum Gasteiger partial charge on any atom is 0.212 e. The predicted octanol–water partition coefficient (Wildman–Crippen LogP) is 3.22. The average Bonchev–Trinajstić information content (AvgIpc) is 2.71. The molecule has 0 radical (unpaired) electrons. The van der Waals surface area contributed by atoms with Crippen LogP contribution in [0.4, 0.5) is 4.39 Å². The van der Waals surface area contributed by atoms with Crippen LogP contribution in [-0.4, -0.2) is 37.4 Å². The molecule has 2 aliphatic rings. The third-order valence-corrected chi connectivity index (χ3v) is 7.84. The Morgan fingerprint density at radius 3 is 2.70 bits per heavy atom. The molecule has 1 unspecified atom stereocenters. The number of benzene rings is 1. The fourth-order valence-corrected chi connectivity index (χ4v) is 5.57. The number of rotatable bonds is 8. The van der Waals surface area contributed by atoms with Crippen LogP contribution in [0.5, 0.6) is 0 Å². The van der Waals surface area contributed by atoms with E-state index in [0.717, 1.165) is 48.5 Å². The quantitative estimate of drug-likeness (QED) is 0.642. The van der Waals surface area contributed by atoms with Crippen molar-refractivity contribution in [1.29, 1.82) is 0 Å². The van der Waals surface area contributed by atoms with Gasteiger partial charge in [-0.05, 0) is 55.5 Å². The van der Waals surface area contributed by atoms with Gasteiger partial charge >= 0.3 is 0 Å². The van der Waals surface area contributed by atoms with E-state index in [1.165, 1.54) is 5.56 Å². The zero-order valence-electron chi connectivity index (χ0n) is 16.7. The first-order valence-corrected chi connectivity index (χ1v) is 12.3. The van der Waals surface area contributed by atoms with Crippen molar-refractivity contribution in [3.63, 3.8) is 0 Å². The number of hydrogen-bond acceptors (Lipinski definition) is 5. The zero-order valence-corrected chi connectivity index (χ0v) is 18.3. The smallest absolute Gasteiger partial charge is 0.212 e. The Kier molecular flexibility index (Phi) is 6.39. The third-order valence-electron chi connectivity index (χ3n) is 6.18. The molecule has 4 rings (SSSR count). The van der Waals surface area contributed by atoms with Crippen molar-refractivity contribution >= 4 is 21.6 Å². The van der Waals surface area contributed by atoms with E-state index in [2.05, 4.69) is 27.2 Å². The molecular weight excluding hydrogens is 427 g/mol. The lowest BCUT2D eigenvalue weighted by Crippen LogP contribution is -2.49. The molecule has 6 nitrogen and oxygen atoms in total. The summed E-state index contributed by atoms with van der Waals surface area (Å²) >= 11 is 6.10. The minimum Gasteiger partial charge on any atom is -0.308 e. The summed E-state index contributed by atoms with van der Waals surface area (Å²) in [5.41, 5.74) is 3.24. The van der Waals surface area contributed by atoms with Gasteiger partial charge in [-0.25, -0.2) is 23.1 Å². The summed E-state index contributed by atoms with van der Waals surface area (Å²) in [4.78, 5) is 9.13. The maximum absolute atomic E-state index is 12.3. The number of sulfonamides is 1. The highest BCUT2D eigenvalue weighted by molar-refractivity contribution is 7.89. The monoisotopic (exact) mass is 452 g/mol. The molecular formula is C21H26ClFN4O2S. The molecule has 2 N–H and O–H groups in total. The second-order valence-corrected chi connectivity index (χ2v) is 10.4. The molecule has 0 spiro atoms. The predicted molar refractivity (Wildman–Crippen MR) is 115 cm³/mol. The molecule has 162 valence electrons. The molecule has 1 fully saturated rings. The van der Waals surface area contributed by atoms with Crippen LogP contribution in [0, 0.1) is 0 Å². The van der Waals surface area contributed by atoms with Gasteiger partial charge in [0.05, 0.1) is 30.7 Å². The van der Waals surface area contributed by atoms with E-state index >= 15 is 0 Å². The first kappa shape index (κ1) is 21.6. The number of aromatic nitrogens is 2. The number of alkyl halides is 1. The van der Waals surface area contributed by atoms with Crippen LogP contribution in [0.25, 0.3) is 0 Å². The summed E-state index contributed by atoms with van der Waals surface area (Å²) < 4.78 is 38.8. The van der Waals surface area contributed by atoms with E-state index < -0.39 is 16.7 Å². The van der Waals surface area contributed by atoms with E-state index in [-0.39, 0.29) is 30.2 Å². The van der Waals surface area contributed by atoms with Crippen molar-refractivity contribution in [2.75, 3.05) is 19.0 Å². The van der Waals surface area contributed by atoms with E-state index in [4.69, 9.17) is 16.6 Å². The van der Waals surface area contributed by atoms with Crippen LogP contribution in [-0.2, 0) is 28.4 Å². The molecule has 30 heavy (non-hydrogen) atoms.